The number of carbonyl (C=O) groups excluding carboxylic acids is 2. The average molecular weight is 518 g/mol. The van der Waals surface area contributed by atoms with Crippen LogP contribution in [0.5, 0.6) is 0 Å². The van der Waals surface area contributed by atoms with Crippen LogP contribution in [0.4, 0.5) is 10.1 Å². The minimum atomic E-state index is -3.93. The van der Waals surface area contributed by atoms with Crippen molar-refractivity contribution in [3.8, 4) is 0 Å². The van der Waals surface area contributed by atoms with Crippen molar-refractivity contribution in [3.05, 3.63) is 63.9 Å². The number of nitrogens with one attached hydrogen (secondary N) is 1. The van der Waals surface area contributed by atoms with Gasteiger partial charge < -0.3 is 10.2 Å². The Morgan fingerprint density at radius 2 is 1.85 bits per heavy atom. The first-order valence-corrected chi connectivity index (χ1v) is 12.8. The average Bonchev–Trinajstić information content (AvgIpc) is 2.73. The molecule has 0 spiro atoms. The van der Waals surface area contributed by atoms with Crippen LogP contribution >= 0.6 is 23.2 Å². The van der Waals surface area contributed by atoms with E-state index in [-0.39, 0.29) is 12.2 Å². The van der Waals surface area contributed by atoms with Crippen molar-refractivity contribution in [1.82, 2.24) is 10.2 Å². The smallest absolute Gasteiger partial charge is 0.244 e. The van der Waals surface area contributed by atoms with E-state index in [0.717, 1.165) is 16.6 Å². The second kappa shape index (κ2) is 11.7. The molecule has 0 radical (unpaired) electrons. The standard InChI is InChI=1S/C22H26Cl2FN3O4S/c1-4-10-26-22(30)15(2)27(13-16-8-9-17(23)11-20(16)24)21(29)14-28(33(3,31)32)19-7-5-6-18(25)12-19/h5-9,11-12,15H,4,10,13-14H2,1-3H3,(H,26,30)/t15-/m0/s1. The zero-order valence-corrected chi connectivity index (χ0v) is 20.8. The van der Waals surface area contributed by atoms with Gasteiger partial charge in [-0.2, -0.15) is 0 Å². The van der Waals surface area contributed by atoms with E-state index in [4.69, 9.17) is 23.2 Å². The molecule has 0 fully saturated rings. The van der Waals surface area contributed by atoms with Crippen molar-refractivity contribution in [2.24, 2.45) is 0 Å². The monoisotopic (exact) mass is 517 g/mol. The molecular formula is C22H26Cl2FN3O4S. The lowest BCUT2D eigenvalue weighted by molar-refractivity contribution is -0.139. The topological polar surface area (TPSA) is 86.8 Å². The molecule has 7 nitrogen and oxygen atoms in total. The Morgan fingerprint density at radius 3 is 2.42 bits per heavy atom. The van der Waals surface area contributed by atoms with E-state index in [9.17, 15) is 22.4 Å². The summed E-state index contributed by atoms with van der Waals surface area (Å²) in [7, 11) is -3.93. The number of hydrogen-bond donors (Lipinski definition) is 1. The summed E-state index contributed by atoms with van der Waals surface area (Å²) in [5.74, 6) is -1.70. The third-order valence-corrected chi connectivity index (χ3v) is 6.58. The predicted octanol–water partition coefficient (Wildman–Crippen LogP) is 3.84. The summed E-state index contributed by atoms with van der Waals surface area (Å²) in [6, 6.07) is 8.73. The third-order valence-electron chi connectivity index (χ3n) is 4.85. The second-order valence-corrected chi connectivity index (χ2v) is 10.2. The summed E-state index contributed by atoms with van der Waals surface area (Å²) in [6.07, 6.45) is 1.62. The first kappa shape index (κ1) is 26.9. The van der Waals surface area contributed by atoms with Gasteiger partial charge in [0.1, 0.15) is 18.4 Å². The minimum absolute atomic E-state index is 0.00147. The van der Waals surface area contributed by atoms with Crippen LogP contribution in [0.1, 0.15) is 25.8 Å². The highest BCUT2D eigenvalue weighted by Gasteiger charge is 2.30. The molecule has 1 N–H and O–H groups in total. The number of halogens is 3. The third kappa shape index (κ3) is 7.58. The maximum atomic E-state index is 13.7. The Kier molecular flexibility index (Phi) is 9.51. The molecule has 180 valence electrons. The van der Waals surface area contributed by atoms with E-state index in [1.165, 1.54) is 29.2 Å². The Bertz CT molecular complexity index is 1110. The molecule has 0 aliphatic carbocycles. The number of anilines is 1. The van der Waals surface area contributed by atoms with Crippen molar-refractivity contribution < 1.29 is 22.4 Å². The largest absolute Gasteiger partial charge is 0.354 e. The van der Waals surface area contributed by atoms with E-state index in [1.54, 1.807) is 19.1 Å². The summed E-state index contributed by atoms with van der Waals surface area (Å²) in [4.78, 5) is 27.2. The number of amides is 2. The number of benzene rings is 2. The number of hydrogen-bond acceptors (Lipinski definition) is 4. The van der Waals surface area contributed by atoms with Crippen LogP contribution in [-0.2, 0) is 26.2 Å². The molecule has 33 heavy (non-hydrogen) atoms. The van der Waals surface area contributed by atoms with Crippen molar-refractivity contribution >= 4 is 50.7 Å². The molecule has 0 unspecified atom stereocenters. The fourth-order valence-electron chi connectivity index (χ4n) is 3.06. The Balaban J connectivity index is 2.40. The van der Waals surface area contributed by atoms with E-state index in [0.29, 0.717) is 28.6 Å². The Morgan fingerprint density at radius 1 is 1.15 bits per heavy atom. The van der Waals surface area contributed by atoms with Gasteiger partial charge in [-0.05, 0) is 49.2 Å². The zero-order valence-electron chi connectivity index (χ0n) is 18.5. The van der Waals surface area contributed by atoms with Gasteiger partial charge in [-0.25, -0.2) is 12.8 Å². The van der Waals surface area contributed by atoms with Gasteiger partial charge in [-0.1, -0.05) is 42.3 Å². The van der Waals surface area contributed by atoms with Crippen LogP contribution in [0, 0.1) is 5.82 Å². The van der Waals surface area contributed by atoms with Gasteiger partial charge >= 0.3 is 0 Å². The molecular weight excluding hydrogens is 492 g/mol. The SMILES string of the molecule is CCCNC(=O)[C@H](C)N(Cc1ccc(Cl)cc1Cl)C(=O)CN(c1cccc(F)c1)S(C)(=O)=O. The molecule has 2 amide bonds. The molecule has 0 saturated carbocycles. The van der Waals surface area contributed by atoms with Gasteiger partial charge in [-0.3, -0.25) is 13.9 Å². The van der Waals surface area contributed by atoms with Crippen molar-refractivity contribution in [2.75, 3.05) is 23.7 Å². The number of nitrogens with zero attached hydrogens (tertiary/aromatic N) is 2. The van der Waals surface area contributed by atoms with Gasteiger partial charge in [0.05, 0.1) is 11.9 Å². The number of rotatable bonds is 10. The summed E-state index contributed by atoms with van der Waals surface area (Å²) in [5, 5.41) is 3.44. The van der Waals surface area contributed by atoms with E-state index < -0.39 is 40.2 Å². The van der Waals surface area contributed by atoms with E-state index >= 15 is 0 Å². The lowest BCUT2D eigenvalue weighted by Gasteiger charge is -2.31. The quantitative estimate of drug-likeness (QED) is 0.518. The lowest BCUT2D eigenvalue weighted by atomic mass is 10.1. The molecule has 0 saturated heterocycles. The highest BCUT2D eigenvalue weighted by molar-refractivity contribution is 7.92. The van der Waals surface area contributed by atoms with Crippen LogP contribution in [-0.4, -0.2) is 50.5 Å². The first-order chi connectivity index (χ1) is 15.4. The first-order valence-electron chi connectivity index (χ1n) is 10.2. The summed E-state index contributed by atoms with van der Waals surface area (Å²) < 4.78 is 39.4. The highest BCUT2D eigenvalue weighted by Crippen LogP contribution is 2.24. The van der Waals surface area contributed by atoms with Gasteiger partial charge in [0.15, 0.2) is 0 Å². The molecule has 0 bridgehead atoms. The van der Waals surface area contributed by atoms with Crippen LogP contribution < -0.4 is 9.62 Å². The molecule has 0 heterocycles. The van der Waals surface area contributed by atoms with Crippen molar-refractivity contribution in [3.63, 3.8) is 0 Å². The molecule has 2 rings (SSSR count). The molecule has 2 aromatic rings. The van der Waals surface area contributed by atoms with Gasteiger partial charge in [0.2, 0.25) is 21.8 Å². The van der Waals surface area contributed by atoms with Crippen LogP contribution in [0.15, 0.2) is 42.5 Å². The lowest BCUT2D eigenvalue weighted by Crippen LogP contribution is -2.51. The second-order valence-electron chi connectivity index (χ2n) is 7.47. The molecule has 0 aromatic heterocycles. The molecule has 0 aliphatic heterocycles. The van der Waals surface area contributed by atoms with E-state index in [1.807, 2.05) is 6.92 Å². The fourth-order valence-corrected chi connectivity index (χ4v) is 4.37. The molecule has 2 aromatic carbocycles. The number of carbonyl (C=O) groups is 2. The number of sulfonamides is 1. The summed E-state index contributed by atoms with van der Waals surface area (Å²) in [5.41, 5.74) is 0.527. The maximum Gasteiger partial charge on any atom is 0.244 e. The summed E-state index contributed by atoms with van der Waals surface area (Å²) >= 11 is 12.2. The van der Waals surface area contributed by atoms with Crippen molar-refractivity contribution in [1.29, 1.82) is 0 Å². The van der Waals surface area contributed by atoms with Crippen molar-refractivity contribution in [2.45, 2.75) is 32.9 Å². The highest BCUT2D eigenvalue weighted by atomic mass is 35.5. The Labute approximate surface area is 203 Å². The molecule has 1 atom stereocenters. The van der Waals surface area contributed by atoms with Gasteiger partial charge in [0.25, 0.3) is 0 Å². The van der Waals surface area contributed by atoms with Crippen LogP contribution in [0.3, 0.4) is 0 Å². The summed E-state index contributed by atoms with van der Waals surface area (Å²) in [6.45, 7) is 3.17. The van der Waals surface area contributed by atoms with Crippen LogP contribution in [0.2, 0.25) is 10.0 Å². The minimum Gasteiger partial charge on any atom is -0.354 e. The van der Waals surface area contributed by atoms with E-state index in [2.05, 4.69) is 5.32 Å². The predicted molar refractivity (Wildman–Crippen MR) is 128 cm³/mol. The van der Waals surface area contributed by atoms with Gasteiger partial charge in [0, 0.05) is 23.1 Å². The van der Waals surface area contributed by atoms with Gasteiger partial charge in [-0.15, -0.1) is 0 Å². The maximum absolute atomic E-state index is 13.7. The molecule has 11 heteroatoms. The normalized spacial score (nSPS) is 12.2. The molecule has 0 aliphatic rings. The Hall–Kier alpha value is -2.36. The van der Waals surface area contributed by atoms with Crippen LogP contribution in [0.25, 0.3) is 0 Å². The fraction of sp³-hybridized carbons (Fsp3) is 0.364. The zero-order chi connectivity index (χ0) is 24.8.